The molecule has 8 heteroatoms. The van der Waals surface area contributed by atoms with Crippen LogP contribution in [0.3, 0.4) is 0 Å². The number of halogens is 3. The zero-order valence-corrected chi connectivity index (χ0v) is 16.5. The van der Waals surface area contributed by atoms with Gasteiger partial charge >= 0.3 is 0 Å². The van der Waals surface area contributed by atoms with Crippen LogP contribution in [0.5, 0.6) is 5.75 Å². The summed E-state index contributed by atoms with van der Waals surface area (Å²) in [6.07, 6.45) is 0. The molecule has 0 aliphatic carbocycles. The number of nitrogens with zero attached hydrogens (tertiary/aromatic N) is 2. The number of carbonyl (C=O) groups is 1. The summed E-state index contributed by atoms with van der Waals surface area (Å²) in [5, 5.41) is 5.05. The molecule has 1 unspecified atom stereocenters. The molecule has 0 aromatic heterocycles. The Labute approximate surface area is 175 Å². The maximum Gasteiger partial charge on any atom is 0.281 e. The van der Waals surface area contributed by atoms with E-state index in [1.54, 1.807) is 24.3 Å². The first kappa shape index (κ1) is 20.0. The molecule has 0 radical (unpaired) electrons. The molecule has 3 aromatic rings. The molecule has 4 rings (SSSR count). The minimum Gasteiger partial charge on any atom is -0.496 e. The Hall–Kier alpha value is -3.26. The van der Waals surface area contributed by atoms with E-state index in [2.05, 4.69) is 5.10 Å². The second kappa shape index (κ2) is 8.23. The van der Waals surface area contributed by atoms with E-state index in [1.165, 1.54) is 49.2 Å². The summed E-state index contributed by atoms with van der Waals surface area (Å²) in [5.41, 5.74) is 0.490. The van der Waals surface area contributed by atoms with Gasteiger partial charge in [0.05, 0.1) is 7.11 Å². The molecule has 0 saturated carbocycles. The molecule has 0 saturated heterocycles. The van der Waals surface area contributed by atoms with E-state index < -0.39 is 34.3 Å². The number of ether oxygens (including phenoxy) is 1. The van der Waals surface area contributed by atoms with E-state index in [4.69, 9.17) is 4.74 Å². The van der Waals surface area contributed by atoms with Crippen molar-refractivity contribution in [3.63, 3.8) is 0 Å². The van der Waals surface area contributed by atoms with Crippen LogP contribution in [0.15, 0.2) is 71.8 Å². The number of hydrogen-bond donors (Lipinski definition) is 0. The number of benzene rings is 3. The average Bonchev–Trinajstić information content (AvgIpc) is 3.19. The van der Waals surface area contributed by atoms with Crippen LogP contribution in [0, 0.1) is 17.5 Å². The smallest absolute Gasteiger partial charge is 0.281 e. The van der Waals surface area contributed by atoms with Gasteiger partial charge in [-0.05, 0) is 42.5 Å². The normalized spacial score (nSPS) is 15.8. The summed E-state index contributed by atoms with van der Waals surface area (Å²) in [4.78, 5) is 13.1. The number of rotatable bonds is 4. The van der Waals surface area contributed by atoms with E-state index in [1.807, 2.05) is 0 Å². The SMILES string of the molecule is COc1ccccc1C1SC(c2ccc(F)cc2)=NN1C(=O)c1c(F)cccc1F. The number of thioether (sulfide) groups is 1. The van der Waals surface area contributed by atoms with E-state index in [0.717, 1.165) is 17.1 Å². The van der Waals surface area contributed by atoms with Gasteiger partial charge < -0.3 is 4.74 Å². The second-order valence-corrected chi connectivity index (χ2v) is 7.44. The van der Waals surface area contributed by atoms with Crippen molar-refractivity contribution < 1.29 is 22.7 Å². The van der Waals surface area contributed by atoms with E-state index in [9.17, 15) is 18.0 Å². The number of methoxy groups -OCH3 is 1. The first-order chi connectivity index (χ1) is 14.5. The van der Waals surface area contributed by atoms with Crippen molar-refractivity contribution in [1.82, 2.24) is 5.01 Å². The van der Waals surface area contributed by atoms with Crippen molar-refractivity contribution in [3.8, 4) is 5.75 Å². The number of amides is 1. The molecule has 3 aromatic carbocycles. The number of carbonyl (C=O) groups excluding carboxylic acids is 1. The second-order valence-electron chi connectivity index (χ2n) is 6.37. The average molecular weight is 428 g/mol. The molecule has 0 fully saturated rings. The molecule has 4 nitrogen and oxygen atoms in total. The number of hydrogen-bond acceptors (Lipinski definition) is 4. The highest BCUT2D eigenvalue weighted by molar-refractivity contribution is 8.14. The fourth-order valence-corrected chi connectivity index (χ4v) is 4.27. The van der Waals surface area contributed by atoms with Gasteiger partial charge in [0.25, 0.3) is 5.91 Å². The Balaban J connectivity index is 1.81. The molecule has 0 N–H and O–H groups in total. The summed E-state index contributed by atoms with van der Waals surface area (Å²) in [7, 11) is 1.49. The monoisotopic (exact) mass is 428 g/mol. The van der Waals surface area contributed by atoms with Crippen molar-refractivity contribution in [2.24, 2.45) is 5.10 Å². The van der Waals surface area contributed by atoms with Crippen LogP contribution in [-0.2, 0) is 0 Å². The van der Waals surface area contributed by atoms with Crippen LogP contribution in [0.4, 0.5) is 13.2 Å². The van der Waals surface area contributed by atoms with Crippen molar-refractivity contribution in [2.45, 2.75) is 5.37 Å². The molecule has 1 heterocycles. The van der Waals surface area contributed by atoms with E-state index in [-0.39, 0.29) is 0 Å². The van der Waals surface area contributed by atoms with Gasteiger partial charge in [0.2, 0.25) is 0 Å². The van der Waals surface area contributed by atoms with Gasteiger partial charge in [-0.3, -0.25) is 4.79 Å². The van der Waals surface area contributed by atoms with Crippen molar-refractivity contribution in [2.75, 3.05) is 7.11 Å². The summed E-state index contributed by atoms with van der Waals surface area (Å²) in [6, 6.07) is 15.8. The van der Waals surface area contributed by atoms with Crippen LogP contribution >= 0.6 is 11.8 Å². The van der Waals surface area contributed by atoms with Crippen molar-refractivity contribution >= 4 is 22.7 Å². The maximum absolute atomic E-state index is 14.3. The Kier molecular flexibility index (Phi) is 5.50. The number of para-hydroxylation sites is 1. The molecule has 1 aliphatic heterocycles. The van der Waals surface area contributed by atoms with Gasteiger partial charge in [-0.1, -0.05) is 36.0 Å². The van der Waals surface area contributed by atoms with Gasteiger partial charge in [-0.25, -0.2) is 18.2 Å². The fourth-order valence-electron chi connectivity index (χ4n) is 3.08. The first-order valence-electron chi connectivity index (χ1n) is 8.91. The summed E-state index contributed by atoms with van der Waals surface area (Å²) in [6.45, 7) is 0. The third kappa shape index (κ3) is 3.66. The molecule has 30 heavy (non-hydrogen) atoms. The maximum atomic E-state index is 14.3. The highest BCUT2D eigenvalue weighted by atomic mass is 32.2. The van der Waals surface area contributed by atoms with Crippen LogP contribution < -0.4 is 4.74 Å². The quantitative estimate of drug-likeness (QED) is 0.562. The molecule has 1 amide bonds. The molecule has 0 spiro atoms. The zero-order valence-electron chi connectivity index (χ0n) is 15.7. The third-order valence-corrected chi connectivity index (χ3v) is 5.74. The fraction of sp³-hybridized carbons (Fsp3) is 0.0909. The van der Waals surface area contributed by atoms with Crippen LogP contribution in [0.25, 0.3) is 0 Å². The van der Waals surface area contributed by atoms with Crippen molar-refractivity contribution in [1.29, 1.82) is 0 Å². The molecular formula is C22H15F3N2O2S. The topological polar surface area (TPSA) is 41.9 Å². The molecule has 0 bridgehead atoms. The Morgan fingerprint density at radius 2 is 1.63 bits per heavy atom. The molecule has 152 valence electrons. The Morgan fingerprint density at radius 3 is 2.30 bits per heavy atom. The van der Waals surface area contributed by atoms with Crippen LogP contribution in [-0.4, -0.2) is 23.1 Å². The predicted octanol–water partition coefficient (Wildman–Crippen LogP) is 5.36. The Bertz CT molecular complexity index is 1120. The van der Waals surface area contributed by atoms with Crippen molar-refractivity contribution in [3.05, 3.63) is 101 Å². The number of hydrazone groups is 1. The first-order valence-corrected chi connectivity index (χ1v) is 9.79. The largest absolute Gasteiger partial charge is 0.496 e. The van der Waals surface area contributed by atoms with Gasteiger partial charge in [-0.2, -0.15) is 5.10 Å². The lowest BCUT2D eigenvalue weighted by Gasteiger charge is -2.23. The highest BCUT2D eigenvalue weighted by Crippen LogP contribution is 2.45. The van der Waals surface area contributed by atoms with Gasteiger partial charge in [0, 0.05) is 11.1 Å². The minimum absolute atomic E-state index is 0.412. The van der Waals surface area contributed by atoms with Crippen LogP contribution in [0.1, 0.15) is 26.9 Å². The van der Waals surface area contributed by atoms with Gasteiger partial charge in [0.1, 0.15) is 39.2 Å². The summed E-state index contributed by atoms with van der Waals surface area (Å²) < 4.78 is 47.3. The lowest BCUT2D eigenvalue weighted by Crippen LogP contribution is -2.28. The predicted molar refractivity (Wildman–Crippen MR) is 109 cm³/mol. The van der Waals surface area contributed by atoms with Gasteiger partial charge in [-0.15, -0.1) is 0 Å². The lowest BCUT2D eigenvalue weighted by molar-refractivity contribution is 0.0738. The van der Waals surface area contributed by atoms with Gasteiger partial charge in [0.15, 0.2) is 0 Å². The summed E-state index contributed by atoms with van der Waals surface area (Å²) in [5.74, 6) is -2.79. The summed E-state index contributed by atoms with van der Waals surface area (Å²) >= 11 is 1.20. The standard InChI is InChI=1S/C22H15F3N2O2S/c1-29-18-8-3-2-5-15(18)22-27(21(28)19-16(24)6-4-7-17(19)25)26-20(30-22)13-9-11-14(23)12-10-13/h2-12,22H,1H3. The minimum atomic E-state index is -0.978. The van der Waals surface area contributed by atoms with E-state index in [0.29, 0.717) is 21.9 Å². The van der Waals surface area contributed by atoms with Crippen LogP contribution in [0.2, 0.25) is 0 Å². The molecule has 1 atom stereocenters. The highest BCUT2D eigenvalue weighted by Gasteiger charge is 2.38. The zero-order chi connectivity index (χ0) is 21.3. The third-order valence-electron chi connectivity index (χ3n) is 4.52. The van der Waals surface area contributed by atoms with E-state index >= 15 is 0 Å². The Morgan fingerprint density at radius 1 is 0.967 bits per heavy atom. The molecule has 1 aliphatic rings. The lowest BCUT2D eigenvalue weighted by atomic mass is 10.1. The molecular weight excluding hydrogens is 413 g/mol.